The van der Waals surface area contributed by atoms with Gasteiger partial charge in [-0.05, 0) is 44.9 Å². The molecular weight excluding hydrogens is 262 g/mol. The number of carbonyl (C=O) groups is 1. The van der Waals surface area contributed by atoms with Crippen molar-refractivity contribution in [1.29, 1.82) is 0 Å². The van der Waals surface area contributed by atoms with Crippen LogP contribution in [0.25, 0.3) is 0 Å². The Bertz CT molecular complexity index is 403. The van der Waals surface area contributed by atoms with E-state index in [9.17, 15) is 4.79 Å². The smallest absolute Gasteiger partial charge is 0.327 e. The molecule has 1 aromatic heterocycles. The first kappa shape index (κ1) is 14.5. The third-order valence-electron chi connectivity index (χ3n) is 3.51. The lowest BCUT2D eigenvalue weighted by atomic mass is 9.96. The second-order valence-corrected chi connectivity index (χ2v) is 5.77. The Hall–Kier alpha value is -0.940. The molecule has 0 aliphatic heterocycles. The standard InChI is InChI=1S/C14H21NO3S/c1-3-17-13(16)14(15-2,11-6-7-11)10-19-9-12-5-4-8-18-12/h4-5,8,11,15H,3,6-7,9-10H2,1-2H3. The minimum absolute atomic E-state index is 0.119. The highest BCUT2D eigenvalue weighted by atomic mass is 32.2. The first-order valence-electron chi connectivity index (χ1n) is 6.69. The molecule has 1 saturated carbocycles. The van der Waals surface area contributed by atoms with Gasteiger partial charge < -0.3 is 14.5 Å². The van der Waals surface area contributed by atoms with Gasteiger partial charge in [-0.2, -0.15) is 11.8 Å². The fourth-order valence-electron chi connectivity index (χ4n) is 2.27. The molecule has 1 atom stereocenters. The first-order chi connectivity index (χ1) is 9.23. The molecule has 1 N–H and O–H groups in total. The molecule has 4 nitrogen and oxygen atoms in total. The highest BCUT2D eigenvalue weighted by Gasteiger charge is 2.50. The summed E-state index contributed by atoms with van der Waals surface area (Å²) in [6.45, 7) is 2.28. The monoisotopic (exact) mass is 283 g/mol. The SMILES string of the molecule is CCOC(=O)C(CSCc1ccco1)(NC)C1CC1. The van der Waals surface area contributed by atoms with E-state index in [4.69, 9.17) is 9.15 Å². The molecule has 1 heterocycles. The summed E-state index contributed by atoms with van der Waals surface area (Å²) in [6.07, 6.45) is 3.87. The Morgan fingerprint density at radius 2 is 2.42 bits per heavy atom. The van der Waals surface area contributed by atoms with E-state index < -0.39 is 5.54 Å². The van der Waals surface area contributed by atoms with E-state index >= 15 is 0 Å². The van der Waals surface area contributed by atoms with Gasteiger partial charge in [0, 0.05) is 5.75 Å². The Morgan fingerprint density at radius 1 is 1.63 bits per heavy atom. The molecular formula is C14H21NO3S. The molecule has 0 bridgehead atoms. The van der Waals surface area contributed by atoms with Gasteiger partial charge in [0.2, 0.25) is 0 Å². The number of ether oxygens (including phenoxy) is 1. The number of rotatable bonds is 8. The van der Waals surface area contributed by atoms with Crippen molar-refractivity contribution < 1.29 is 13.9 Å². The second kappa shape index (κ2) is 6.48. The molecule has 0 spiro atoms. The van der Waals surface area contributed by atoms with Crippen LogP contribution >= 0.6 is 11.8 Å². The highest BCUT2D eigenvalue weighted by Crippen LogP contribution is 2.42. The van der Waals surface area contributed by atoms with Crippen molar-refractivity contribution in [3.05, 3.63) is 24.2 Å². The van der Waals surface area contributed by atoms with Crippen molar-refractivity contribution in [2.45, 2.75) is 31.1 Å². The van der Waals surface area contributed by atoms with E-state index in [-0.39, 0.29) is 5.97 Å². The minimum Gasteiger partial charge on any atom is -0.468 e. The first-order valence-corrected chi connectivity index (χ1v) is 7.84. The summed E-state index contributed by atoms with van der Waals surface area (Å²) in [5.41, 5.74) is -0.534. The van der Waals surface area contributed by atoms with E-state index in [0.717, 1.165) is 24.4 Å². The van der Waals surface area contributed by atoms with E-state index in [1.54, 1.807) is 18.0 Å². The van der Waals surface area contributed by atoms with Gasteiger partial charge in [-0.25, -0.2) is 0 Å². The van der Waals surface area contributed by atoms with Crippen LogP contribution in [-0.4, -0.2) is 30.9 Å². The van der Waals surface area contributed by atoms with Crippen molar-refractivity contribution in [2.24, 2.45) is 5.92 Å². The van der Waals surface area contributed by atoms with Crippen LogP contribution in [0.1, 0.15) is 25.5 Å². The summed E-state index contributed by atoms with van der Waals surface area (Å²) in [6, 6.07) is 3.84. The summed E-state index contributed by atoms with van der Waals surface area (Å²) in [4.78, 5) is 12.2. The van der Waals surface area contributed by atoms with Gasteiger partial charge in [-0.3, -0.25) is 4.79 Å². The summed E-state index contributed by atoms with van der Waals surface area (Å²) in [7, 11) is 1.85. The maximum Gasteiger partial charge on any atom is 0.327 e. The van der Waals surface area contributed by atoms with Crippen LogP contribution in [0.15, 0.2) is 22.8 Å². The van der Waals surface area contributed by atoms with Crippen molar-refractivity contribution >= 4 is 17.7 Å². The summed E-state index contributed by atoms with van der Waals surface area (Å²) in [5, 5.41) is 3.22. The van der Waals surface area contributed by atoms with Crippen LogP contribution in [-0.2, 0) is 15.3 Å². The highest BCUT2D eigenvalue weighted by molar-refractivity contribution is 7.98. The predicted octanol–water partition coefficient (Wildman–Crippen LogP) is 2.44. The predicted molar refractivity (Wildman–Crippen MR) is 76.0 cm³/mol. The van der Waals surface area contributed by atoms with Crippen LogP contribution < -0.4 is 5.32 Å². The summed E-state index contributed by atoms with van der Waals surface area (Å²) < 4.78 is 10.6. The fraction of sp³-hybridized carbons (Fsp3) is 0.643. The lowest BCUT2D eigenvalue weighted by Gasteiger charge is -2.30. The zero-order chi connectivity index (χ0) is 13.7. The number of esters is 1. The Kier molecular flexibility index (Phi) is 4.93. The van der Waals surface area contributed by atoms with E-state index in [0.29, 0.717) is 18.3 Å². The van der Waals surface area contributed by atoms with Gasteiger partial charge in [0.15, 0.2) is 0 Å². The van der Waals surface area contributed by atoms with Crippen molar-refractivity contribution in [3.63, 3.8) is 0 Å². The third-order valence-corrected chi connectivity index (χ3v) is 4.66. The number of nitrogens with one attached hydrogen (secondary N) is 1. The number of hydrogen-bond acceptors (Lipinski definition) is 5. The van der Waals surface area contributed by atoms with Gasteiger partial charge in [-0.1, -0.05) is 0 Å². The normalized spacial score (nSPS) is 18.0. The molecule has 1 aliphatic carbocycles. The number of thioether (sulfide) groups is 1. The maximum atomic E-state index is 12.2. The van der Waals surface area contributed by atoms with Gasteiger partial charge in [-0.15, -0.1) is 0 Å². The van der Waals surface area contributed by atoms with E-state index in [1.165, 1.54) is 0 Å². The van der Waals surface area contributed by atoms with Crippen molar-refractivity contribution in [1.82, 2.24) is 5.32 Å². The minimum atomic E-state index is -0.534. The molecule has 0 radical (unpaired) electrons. The summed E-state index contributed by atoms with van der Waals surface area (Å²) >= 11 is 1.71. The Labute approximate surface area is 118 Å². The molecule has 19 heavy (non-hydrogen) atoms. The van der Waals surface area contributed by atoms with Crippen molar-refractivity contribution in [2.75, 3.05) is 19.4 Å². The lowest BCUT2D eigenvalue weighted by Crippen LogP contribution is -2.55. The quantitative estimate of drug-likeness (QED) is 0.743. The Morgan fingerprint density at radius 3 is 2.95 bits per heavy atom. The largest absolute Gasteiger partial charge is 0.468 e. The number of carbonyl (C=O) groups excluding carboxylic acids is 1. The lowest BCUT2D eigenvalue weighted by molar-refractivity contribution is -0.150. The number of hydrogen-bond donors (Lipinski definition) is 1. The molecule has 1 aliphatic rings. The average Bonchev–Trinajstić information content (AvgIpc) is 3.13. The molecule has 5 heteroatoms. The van der Waals surface area contributed by atoms with Gasteiger partial charge >= 0.3 is 5.97 Å². The molecule has 0 saturated heterocycles. The topological polar surface area (TPSA) is 51.5 Å². The molecule has 0 amide bonds. The van der Waals surface area contributed by atoms with Crippen LogP contribution in [0.2, 0.25) is 0 Å². The van der Waals surface area contributed by atoms with Crippen molar-refractivity contribution in [3.8, 4) is 0 Å². The van der Waals surface area contributed by atoms with Crippen LogP contribution in [0.4, 0.5) is 0 Å². The molecule has 106 valence electrons. The maximum absolute atomic E-state index is 12.2. The molecule has 2 rings (SSSR count). The Balaban J connectivity index is 1.95. The second-order valence-electron chi connectivity index (χ2n) is 4.79. The molecule has 1 fully saturated rings. The molecule has 0 aromatic carbocycles. The zero-order valence-electron chi connectivity index (χ0n) is 11.5. The van der Waals surface area contributed by atoms with E-state index in [2.05, 4.69) is 5.32 Å². The van der Waals surface area contributed by atoms with Gasteiger partial charge in [0.05, 0.1) is 18.6 Å². The number of furan rings is 1. The third kappa shape index (κ3) is 3.34. The zero-order valence-corrected chi connectivity index (χ0v) is 12.3. The fourth-order valence-corrected chi connectivity index (χ4v) is 3.55. The van der Waals surface area contributed by atoms with Gasteiger partial charge in [0.1, 0.15) is 11.3 Å². The number of likely N-dealkylation sites (N-methyl/N-ethyl adjacent to an activating group) is 1. The van der Waals surface area contributed by atoms with Crippen LogP contribution in [0.5, 0.6) is 0 Å². The molecule has 1 unspecified atom stereocenters. The van der Waals surface area contributed by atoms with Crippen LogP contribution in [0, 0.1) is 5.92 Å². The van der Waals surface area contributed by atoms with Gasteiger partial charge in [0.25, 0.3) is 0 Å². The average molecular weight is 283 g/mol. The molecule has 1 aromatic rings. The van der Waals surface area contributed by atoms with Crippen LogP contribution in [0.3, 0.4) is 0 Å². The van der Waals surface area contributed by atoms with E-state index in [1.807, 2.05) is 26.1 Å². The summed E-state index contributed by atoms with van der Waals surface area (Å²) in [5.74, 6) is 2.72.